The first kappa shape index (κ1) is 16.9. The SMILES string of the molecule is CCNC1CC(C)CC(C)C1CN(C)CCCOC. The molecule has 0 radical (unpaired) electrons. The monoisotopic (exact) mass is 270 g/mol. The van der Waals surface area contributed by atoms with Crippen molar-refractivity contribution < 1.29 is 4.74 Å². The molecule has 0 heterocycles. The van der Waals surface area contributed by atoms with Crippen LogP contribution in [0, 0.1) is 17.8 Å². The van der Waals surface area contributed by atoms with Gasteiger partial charge in [0.05, 0.1) is 0 Å². The Hall–Kier alpha value is -0.120. The average Bonchev–Trinajstić information content (AvgIpc) is 2.34. The lowest BCUT2D eigenvalue weighted by Gasteiger charge is -2.42. The normalized spacial score (nSPS) is 31.9. The van der Waals surface area contributed by atoms with Crippen LogP contribution in [0.15, 0.2) is 0 Å². The van der Waals surface area contributed by atoms with Gasteiger partial charge in [-0.1, -0.05) is 20.8 Å². The Morgan fingerprint density at radius 1 is 1.26 bits per heavy atom. The predicted octanol–water partition coefficient (Wildman–Crippen LogP) is 2.62. The Bertz CT molecular complexity index is 235. The second-order valence-corrected chi connectivity index (χ2v) is 6.49. The summed E-state index contributed by atoms with van der Waals surface area (Å²) >= 11 is 0. The maximum Gasteiger partial charge on any atom is 0.0474 e. The number of nitrogens with one attached hydrogen (secondary N) is 1. The van der Waals surface area contributed by atoms with Gasteiger partial charge in [-0.25, -0.2) is 0 Å². The molecule has 4 atom stereocenters. The van der Waals surface area contributed by atoms with Gasteiger partial charge in [-0.05, 0) is 50.6 Å². The molecule has 0 amide bonds. The van der Waals surface area contributed by atoms with E-state index < -0.39 is 0 Å². The van der Waals surface area contributed by atoms with E-state index in [-0.39, 0.29) is 0 Å². The van der Waals surface area contributed by atoms with E-state index in [0.29, 0.717) is 6.04 Å². The minimum Gasteiger partial charge on any atom is -0.385 e. The van der Waals surface area contributed by atoms with Crippen LogP contribution in [-0.2, 0) is 4.74 Å². The third-order valence-electron chi connectivity index (χ3n) is 4.56. The van der Waals surface area contributed by atoms with Crippen LogP contribution in [0.4, 0.5) is 0 Å². The summed E-state index contributed by atoms with van der Waals surface area (Å²) in [5, 5.41) is 3.72. The second kappa shape index (κ2) is 8.93. The van der Waals surface area contributed by atoms with Crippen LogP contribution in [0.5, 0.6) is 0 Å². The number of rotatable bonds is 8. The maximum absolute atomic E-state index is 5.14. The van der Waals surface area contributed by atoms with Gasteiger partial charge in [0.25, 0.3) is 0 Å². The highest BCUT2D eigenvalue weighted by Gasteiger charge is 2.33. The molecule has 3 nitrogen and oxygen atoms in total. The molecule has 0 aliphatic heterocycles. The van der Waals surface area contributed by atoms with Gasteiger partial charge in [0, 0.05) is 32.8 Å². The van der Waals surface area contributed by atoms with E-state index in [9.17, 15) is 0 Å². The summed E-state index contributed by atoms with van der Waals surface area (Å²) in [7, 11) is 4.04. The lowest BCUT2D eigenvalue weighted by molar-refractivity contribution is 0.106. The van der Waals surface area contributed by atoms with Gasteiger partial charge in [-0.3, -0.25) is 0 Å². The van der Waals surface area contributed by atoms with E-state index in [1.807, 2.05) is 0 Å². The summed E-state index contributed by atoms with van der Waals surface area (Å²) in [4.78, 5) is 2.49. The molecule has 0 aromatic heterocycles. The fourth-order valence-electron chi connectivity index (χ4n) is 3.64. The Morgan fingerprint density at radius 2 is 2.00 bits per heavy atom. The number of ether oxygens (including phenoxy) is 1. The fourth-order valence-corrected chi connectivity index (χ4v) is 3.64. The zero-order valence-electron chi connectivity index (χ0n) is 13.6. The second-order valence-electron chi connectivity index (χ2n) is 6.49. The van der Waals surface area contributed by atoms with Crippen molar-refractivity contribution in [2.75, 3.05) is 40.4 Å². The van der Waals surface area contributed by atoms with Crippen molar-refractivity contribution in [3.05, 3.63) is 0 Å². The van der Waals surface area contributed by atoms with E-state index >= 15 is 0 Å². The van der Waals surface area contributed by atoms with Crippen LogP contribution in [-0.4, -0.2) is 51.3 Å². The first-order chi connectivity index (χ1) is 9.08. The lowest BCUT2D eigenvalue weighted by Crippen LogP contribution is -2.48. The highest BCUT2D eigenvalue weighted by molar-refractivity contribution is 4.88. The van der Waals surface area contributed by atoms with Crippen molar-refractivity contribution >= 4 is 0 Å². The molecule has 1 aliphatic rings. The third-order valence-corrected chi connectivity index (χ3v) is 4.56. The Labute approximate surface area is 120 Å². The summed E-state index contributed by atoms with van der Waals surface area (Å²) in [6.07, 6.45) is 3.86. The third kappa shape index (κ3) is 5.80. The molecular weight excluding hydrogens is 236 g/mol. The molecule has 0 saturated heterocycles. The minimum absolute atomic E-state index is 0.702. The topological polar surface area (TPSA) is 24.5 Å². The number of hydrogen-bond donors (Lipinski definition) is 1. The predicted molar refractivity (Wildman–Crippen MR) is 82.5 cm³/mol. The molecule has 1 aliphatic carbocycles. The number of methoxy groups -OCH3 is 1. The summed E-state index contributed by atoms with van der Waals surface area (Å²) in [6, 6.07) is 0.702. The molecule has 1 rings (SSSR count). The number of hydrogen-bond acceptors (Lipinski definition) is 3. The highest BCUT2D eigenvalue weighted by Crippen LogP contribution is 2.34. The molecule has 1 saturated carbocycles. The van der Waals surface area contributed by atoms with Crippen LogP contribution < -0.4 is 5.32 Å². The molecule has 0 aromatic carbocycles. The summed E-state index contributed by atoms with van der Waals surface area (Å²) < 4.78 is 5.14. The highest BCUT2D eigenvalue weighted by atomic mass is 16.5. The van der Waals surface area contributed by atoms with Gasteiger partial charge in [0.15, 0.2) is 0 Å². The van der Waals surface area contributed by atoms with E-state index in [1.165, 1.54) is 19.4 Å². The van der Waals surface area contributed by atoms with E-state index in [1.54, 1.807) is 7.11 Å². The molecule has 0 bridgehead atoms. The van der Waals surface area contributed by atoms with Crippen molar-refractivity contribution in [2.45, 2.75) is 46.1 Å². The van der Waals surface area contributed by atoms with Gasteiger partial charge < -0.3 is 15.0 Å². The van der Waals surface area contributed by atoms with E-state index in [4.69, 9.17) is 4.74 Å². The summed E-state index contributed by atoms with van der Waals surface area (Å²) in [5.74, 6) is 2.50. The van der Waals surface area contributed by atoms with Crippen molar-refractivity contribution in [3.8, 4) is 0 Å². The zero-order valence-corrected chi connectivity index (χ0v) is 13.6. The van der Waals surface area contributed by atoms with Gasteiger partial charge in [-0.2, -0.15) is 0 Å². The number of nitrogens with zero attached hydrogens (tertiary/aromatic N) is 1. The molecule has 3 heteroatoms. The van der Waals surface area contributed by atoms with Crippen LogP contribution in [0.1, 0.15) is 40.0 Å². The molecular formula is C16H34N2O. The molecule has 4 unspecified atom stereocenters. The zero-order chi connectivity index (χ0) is 14.3. The molecule has 114 valence electrons. The van der Waals surface area contributed by atoms with Crippen LogP contribution >= 0.6 is 0 Å². The first-order valence-electron chi connectivity index (χ1n) is 7.99. The maximum atomic E-state index is 5.14. The molecule has 0 spiro atoms. The molecule has 19 heavy (non-hydrogen) atoms. The van der Waals surface area contributed by atoms with Crippen molar-refractivity contribution in [1.82, 2.24) is 10.2 Å². The van der Waals surface area contributed by atoms with Gasteiger partial charge in [0.1, 0.15) is 0 Å². The minimum atomic E-state index is 0.702. The van der Waals surface area contributed by atoms with Crippen LogP contribution in [0.2, 0.25) is 0 Å². The average molecular weight is 270 g/mol. The largest absolute Gasteiger partial charge is 0.385 e. The Morgan fingerprint density at radius 3 is 2.63 bits per heavy atom. The molecule has 1 fully saturated rings. The van der Waals surface area contributed by atoms with Gasteiger partial charge in [-0.15, -0.1) is 0 Å². The van der Waals surface area contributed by atoms with Crippen LogP contribution in [0.3, 0.4) is 0 Å². The van der Waals surface area contributed by atoms with Crippen molar-refractivity contribution in [3.63, 3.8) is 0 Å². The molecule has 0 aromatic rings. The molecule has 1 N–H and O–H groups in total. The first-order valence-corrected chi connectivity index (χ1v) is 7.99. The lowest BCUT2D eigenvalue weighted by atomic mass is 9.72. The van der Waals surface area contributed by atoms with Gasteiger partial charge in [0.2, 0.25) is 0 Å². The van der Waals surface area contributed by atoms with Crippen LogP contribution in [0.25, 0.3) is 0 Å². The van der Waals surface area contributed by atoms with Gasteiger partial charge >= 0.3 is 0 Å². The van der Waals surface area contributed by atoms with E-state index in [0.717, 1.165) is 43.9 Å². The summed E-state index contributed by atoms with van der Waals surface area (Å²) in [5.41, 5.74) is 0. The fraction of sp³-hybridized carbons (Fsp3) is 1.00. The quantitative estimate of drug-likeness (QED) is 0.686. The smallest absolute Gasteiger partial charge is 0.0474 e. The van der Waals surface area contributed by atoms with Crippen molar-refractivity contribution in [1.29, 1.82) is 0 Å². The van der Waals surface area contributed by atoms with E-state index in [2.05, 4.69) is 38.0 Å². The Balaban J connectivity index is 2.46. The standard InChI is InChI=1S/C16H34N2O/c1-6-17-16-11-13(2)10-14(3)15(16)12-18(4)8-7-9-19-5/h13-17H,6-12H2,1-5H3. The summed E-state index contributed by atoms with van der Waals surface area (Å²) in [6.45, 7) is 11.4. The Kier molecular flexibility index (Phi) is 7.96. The van der Waals surface area contributed by atoms with Crippen molar-refractivity contribution in [2.24, 2.45) is 17.8 Å².